The molecular weight excluding hydrogens is 313 g/mol. The standard InChI is InChI=1S/C14H17Cl2N3O2/c15-11-2-1-10(7-12(11)16)18-8-13(20)19-5-3-9(4-6-19)14(17)21/h1-2,7,9,18H,3-6,8H2,(H2,17,21). The van der Waals surface area contributed by atoms with E-state index in [1.807, 2.05) is 0 Å². The first kappa shape index (κ1) is 15.9. The van der Waals surface area contributed by atoms with E-state index in [1.165, 1.54) is 0 Å². The molecule has 1 aromatic carbocycles. The van der Waals surface area contributed by atoms with Crippen LogP contribution in [0, 0.1) is 5.92 Å². The molecule has 21 heavy (non-hydrogen) atoms. The first-order valence-corrected chi connectivity index (χ1v) is 7.49. The van der Waals surface area contributed by atoms with E-state index in [1.54, 1.807) is 23.1 Å². The van der Waals surface area contributed by atoms with E-state index in [0.717, 1.165) is 5.69 Å². The number of carbonyl (C=O) groups is 2. The summed E-state index contributed by atoms with van der Waals surface area (Å²) in [6.07, 6.45) is 1.27. The predicted octanol–water partition coefficient (Wildman–Crippen LogP) is 2.13. The number of amides is 2. The first-order valence-electron chi connectivity index (χ1n) is 6.73. The second-order valence-electron chi connectivity index (χ2n) is 5.04. The zero-order valence-corrected chi connectivity index (χ0v) is 13.0. The average Bonchev–Trinajstić information content (AvgIpc) is 2.48. The molecule has 0 radical (unpaired) electrons. The van der Waals surface area contributed by atoms with Crippen LogP contribution in [0.3, 0.4) is 0 Å². The van der Waals surface area contributed by atoms with Crippen LogP contribution in [0.25, 0.3) is 0 Å². The maximum absolute atomic E-state index is 12.1. The van der Waals surface area contributed by atoms with Crippen molar-refractivity contribution in [3.63, 3.8) is 0 Å². The van der Waals surface area contributed by atoms with Gasteiger partial charge in [0.25, 0.3) is 0 Å². The van der Waals surface area contributed by atoms with Crippen molar-refractivity contribution in [2.24, 2.45) is 11.7 Å². The van der Waals surface area contributed by atoms with Gasteiger partial charge in [-0.05, 0) is 31.0 Å². The summed E-state index contributed by atoms with van der Waals surface area (Å²) >= 11 is 11.7. The number of piperidine rings is 1. The van der Waals surface area contributed by atoms with Gasteiger partial charge in [-0.3, -0.25) is 9.59 Å². The minimum Gasteiger partial charge on any atom is -0.376 e. The van der Waals surface area contributed by atoms with Crippen LogP contribution < -0.4 is 11.1 Å². The fraction of sp³-hybridized carbons (Fsp3) is 0.429. The molecule has 1 aromatic rings. The summed E-state index contributed by atoms with van der Waals surface area (Å²) in [5.74, 6) is -0.405. The van der Waals surface area contributed by atoms with Crippen LogP contribution in [0.15, 0.2) is 18.2 Å². The normalized spacial score (nSPS) is 15.8. The second-order valence-corrected chi connectivity index (χ2v) is 5.85. The molecular formula is C14H17Cl2N3O2. The van der Waals surface area contributed by atoms with Gasteiger partial charge in [0.2, 0.25) is 11.8 Å². The van der Waals surface area contributed by atoms with Crippen LogP contribution in [0.2, 0.25) is 10.0 Å². The van der Waals surface area contributed by atoms with E-state index >= 15 is 0 Å². The monoisotopic (exact) mass is 329 g/mol. The lowest BCUT2D eigenvalue weighted by atomic mass is 9.96. The van der Waals surface area contributed by atoms with Gasteiger partial charge in [-0.15, -0.1) is 0 Å². The van der Waals surface area contributed by atoms with Gasteiger partial charge in [0.15, 0.2) is 0 Å². The van der Waals surface area contributed by atoms with Crippen molar-refractivity contribution >= 4 is 40.7 Å². The Labute approximate surface area is 133 Å². The molecule has 5 nitrogen and oxygen atoms in total. The number of hydrogen-bond donors (Lipinski definition) is 2. The Morgan fingerprint density at radius 1 is 1.24 bits per heavy atom. The van der Waals surface area contributed by atoms with Gasteiger partial charge >= 0.3 is 0 Å². The van der Waals surface area contributed by atoms with E-state index < -0.39 is 0 Å². The minimum atomic E-state index is -0.281. The predicted molar refractivity (Wildman–Crippen MR) is 83.5 cm³/mol. The van der Waals surface area contributed by atoms with E-state index in [0.29, 0.717) is 36.0 Å². The number of primary amides is 1. The molecule has 1 heterocycles. The third kappa shape index (κ3) is 4.25. The largest absolute Gasteiger partial charge is 0.376 e. The Morgan fingerprint density at radius 2 is 1.90 bits per heavy atom. The maximum atomic E-state index is 12.1. The van der Waals surface area contributed by atoms with E-state index in [-0.39, 0.29) is 24.3 Å². The third-order valence-corrected chi connectivity index (χ3v) is 4.35. The number of hydrogen-bond acceptors (Lipinski definition) is 3. The summed E-state index contributed by atoms with van der Waals surface area (Å²) in [4.78, 5) is 24.9. The highest BCUT2D eigenvalue weighted by Crippen LogP contribution is 2.25. The van der Waals surface area contributed by atoms with Gasteiger partial charge in [0.05, 0.1) is 16.6 Å². The van der Waals surface area contributed by atoms with E-state index in [4.69, 9.17) is 28.9 Å². The molecule has 0 bridgehead atoms. The quantitative estimate of drug-likeness (QED) is 0.888. The third-order valence-electron chi connectivity index (χ3n) is 3.61. The van der Waals surface area contributed by atoms with Crippen LogP contribution in [-0.4, -0.2) is 36.3 Å². The molecule has 1 aliphatic heterocycles. The lowest BCUT2D eigenvalue weighted by Gasteiger charge is -2.30. The number of rotatable bonds is 4. The highest BCUT2D eigenvalue weighted by molar-refractivity contribution is 6.42. The lowest BCUT2D eigenvalue weighted by molar-refractivity contribution is -0.133. The van der Waals surface area contributed by atoms with Gasteiger partial charge in [-0.1, -0.05) is 23.2 Å². The summed E-state index contributed by atoms with van der Waals surface area (Å²) in [6.45, 7) is 1.31. The summed E-state index contributed by atoms with van der Waals surface area (Å²) < 4.78 is 0. The number of anilines is 1. The maximum Gasteiger partial charge on any atom is 0.241 e. The van der Waals surface area contributed by atoms with Crippen LogP contribution in [-0.2, 0) is 9.59 Å². The van der Waals surface area contributed by atoms with Gasteiger partial charge in [0.1, 0.15) is 0 Å². The Balaban J connectivity index is 1.82. The number of carbonyl (C=O) groups excluding carboxylic acids is 2. The lowest BCUT2D eigenvalue weighted by Crippen LogP contribution is -2.43. The topological polar surface area (TPSA) is 75.4 Å². The fourth-order valence-corrected chi connectivity index (χ4v) is 2.61. The number of halogens is 2. The molecule has 2 rings (SSSR count). The molecule has 2 amide bonds. The van der Waals surface area contributed by atoms with E-state index in [2.05, 4.69) is 5.32 Å². The molecule has 7 heteroatoms. The summed E-state index contributed by atoms with van der Waals surface area (Å²) in [7, 11) is 0. The molecule has 1 aliphatic rings. The Kier molecular flexibility index (Phi) is 5.31. The van der Waals surface area contributed by atoms with Crippen LogP contribution in [0.4, 0.5) is 5.69 Å². The summed E-state index contributed by atoms with van der Waals surface area (Å²) in [5, 5.41) is 3.93. The van der Waals surface area contributed by atoms with Gasteiger partial charge in [-0.2, -0.15) is 0 Å². The summed E-state index contributed by atoms with van der Waals surface area (Å²) in [6, 6.07) is 5.12. The zero-order valence-electron chi connectivity index (χ0n) is 11.4. The molecule has 1 saturated heterocycles. The molecule has 114 valence electrons. The number of nitrogens with one attached hydrogen (secondary N) is 1. The first-order chi connectivity index (χ1) is 9.97. The van der Waals surface area contributed by atoms with Crippen LogP contribution >= 0.6 is 23.2 Å². The van der Waals surface area contributed by atoms with E-state index in [9.17, 15) is 9.59 Å². The number of nitrogens with two attached hydrogens (primary N) is 1. The minimum absolute atomic E-state index is 0.0102. The van der Waals surface area contributed by atoms with Crippen molar-refractivity contribution in [2.75, 3.05) is 25.0 Å². The van der Waals surface area contributed by atoms with Gasteiger partial charge in [0, 0.05) is 24.7 Å². The second kappa shape index (κ2) is 7.00. The summed E-state index contributed by atoms with van der Waals surface area (Å²) in [5.41, 5.74) is 6.01. The van der Waals surface area contributed by atoms with Crippen LogP contribution in [0.5, 0.6) is 0 Å². The Morgan fingerprint density at radius 3 is 2.48 bits per heavy atom. The SMILES string of the molecule is NC(=O)C1CCN(C(=O)CNc2ccc(Cl)c(Cl)c2)CC1. The molecule has 0 aromatic heterocycles. The Bertz CT molecular complexity index is 543. The molecule has 0 spiro atoms. The molecule has 1 fully saturated rings. The smallest absolute Gasteiger partial charge is 0.241 e. The molecule has 0 aliphatic carbocycles. The average molecular weight is 330 g/mol. The highest BCUT2D eigenvalue weighted by Gasteiger charge is 2.25. The Hall–Kier alpha value is -1.46. The van der Waals surface area contributed by atoms with Crippen molar-refractivity contribution in [3.8, 4) is 0 Å². The number of benzene rings is 1. The molecule has 0 atom stereocenters. The van der Waals surface area contributed by atoms with Gasteiger partial charge < -0.3 is 16.0 Å². The van der Waals surface area contributed by atoms with Crippen molar-refractivity contribution in [1.29, 1.82) is 0 Å². The highest BCUT2D eigenvalue weighted by atomic mass is 35.5. The van der Waals surface area contributed by atoms with Crippen LogP contribution in [0.1, 0.15) is 12.8 Å². The molecule has 0 saturated carbocycles. The molecule has 0 unspecified atom stereocenters. The van der Waals surface area contributed by atoms with Crippen molar-refractivity contribution in [1.82, 2.24) is 4.90 Å². The van der Waals surface area contributed by atoms with Crippen molar-refractivity contribution in [2.45, 2.75) is 12.8 Å². The fourth-order valence-electron chi connectivity index (χ4n) is 2.31. The van der Waals surface area contributed by atoms with Crippen molar-refractivity contribution < 1.29 is 9.59 Å². The number of nitrogens with zero attached hydrogens (tertiary/aromatic N) is 1. The van der Waals surface area contributed by atoms with Gasteiger partial charge in [-0.25, -0.2) is 0 Å². The zero-order chi connectivity index (χ0) is 15.4. The van der Waals surface area contributed by atoms with Crippen molar-refractivity contribution in [3.05, 3.63) is 28.2 Å². The molecule has 3 N–H and O–H groups in total. The number of likely N-dealkylation sites (tertiary alicyclic amines) is 1.